The van der Waals surface area contributed by atoms with Gasteiger partial charge in [-0.15, -0.1) is 0 Å². The molecule has 3 saturated heterocycles. The van der Waals surface area contributed by atoms with Crippen LogP contribution in [0.1, 0.15) is 52.4 Å². The maximum Gasteiger partial charge on any atom is 0.219 e. The number of rotatable bonds is 3. The molecule has 0 bridgehead atoms. The largest absolute Gasteiger partial charge is 0.388 e. The summed E-state index contributed by atoms with van der Waals surface area (Å²) in [6, 6.07) is 0.267. The van der Waals surface area contributed by atoms with Crippen molar-refractivity contribution in [2.75, 3.05) is 46.4 Å². The summed E-state index contributed by atoms with van der Waals surface area (Å²) < 4.78 is 6.20. The second kappa shape index (κ2) is 8.05. The molecule has 0 radical (unpaired) electrons. The number of ether oxygens (including phenoxy) is 1. The van der Waals surface area contributed by atoms with Gasteiger partial charge in [0.05, 0.1) is 11.2 Å². The standard InChI is InChI=1S/C20H35N3O4/c1-16(24)21(3)18-4-13-27-20(14-18)7-9-22(10-8-20)15-19(26)5-11-23(12-6-19)17(2)25/h18,26H,4-15H2,1-3H3/t18-/m0/s1. The van der Waals surface area contributed by atoms with Crippen molar-refractivity contribution in [2.24, 2.45) is 0 Å². The fourth-order valence-electron chi connectivity index (χ4n) is 4.87. The SMILES string of the molecule is CC(=O)N1CCC(O)(CN2CCC3(CC2)C[C@@H](N(C)C(C)=O)CCO3)CC1. The summed E-state index contributed by atoms with van der Waals surface area (Å²) in [5.74, 6) is 0.213. The molecule has 3 rings (SSSR count). The lowest BCUT2D eigenvalue weighted by Gasteiger charge is -2.49. The van der Waals surface area contributed by atoms with Gasteiger partial charge in [0.15, 0.2) is 0 Å². The molecule has 1 atom stereocenters. The number of likely N-dealkylation sites (tertiary alicyclic amines) is 2. The first-order valence-electron chi connectivity index (χ1n) is 10.3. The molecule has 0 unspecified atom stereocenters. The Hall–Kier alpha value is -1.18. The molecular weight excluding hydrogens is 346 g/mol. The lowest BCUT2D eigenvalue weighted by atomic mass is 9.81. The van der Waals surface area contributed by atoms with E-state index in [1.165, 1.54) is 0 Å². The van der Waals surface area contributed by atoms with E-state index in [9.17, 15) is 14.7 Å². The number of hydrogen-bond acceptors (Lipinski definition) is 5. The van der Waals surface area contributed by atoms with Crippen molar-refractivity contribution in [1.82, 2.24) is 14.7 Å². The van der Waals surface area contributed by atoms with E-state index in [1.807, 2.05) is 16.8 Å². The van der Waals surface area contributed by atoms with Crippen LogP contribution in [0.15, 0.2) is 0 Å². The number of carbonyl (C=O) groups is 2. The highest BCUT2D eigenvalue weighted by Crippen LogP contribution is 2.37. The van der Waals surface area contributed by atoms with Crippen LogP contribution in [0.3, 0.4) is 0 Å². The van der Waals surface area contributed by atoms with E-state index < -0.39 is 5.60 Å². The monoisotopic (exact) mass is 381 g/mol. The van der Waals surface area contributed by atoms with Crippen LogP contribution in [-0.2, 0) is 14.3 Å². The first kappa shape index (κ1) is 20.6. The topological polar surface area (TPSA) is 73.3 Å². The van der Waals surface area contributed by atoms with E-state index in [4.69, 9.17) is 4.74 Å². The van der Waals surface area contributed by atoms with Crippen LogP contribution >= 0.6 is 0 Å². The third-order valence-corrected chi connectivity index (χ3v) is 6.94. The number of aliphatic hydroxyl groups is 1. The van der Waals surface area contributed by atoms with E-state index in [-0.39, 0.29) is 23.5 Å². The van der Waals surface area contributed by atoms with Crippen molar-refractivity contribution in [3.05, 3.63) is 0 Å². The van der Waals surface area contributed by atoms with E-state index >= 15 is 0 Å². The number of nitrogens with zero attached hydrogens (tertiary/aromatic N) is 3. The van der Waals surface area contributed by atoms with E-state index in [0.29, 0.717) is 39.1 Å². The van der Waals surface area contributed by atoms with Crippen molar-refractivity contribution >= 4 is 11.8 Å². The molecule has 1 N–H and O–H groups in total. The minimum atomic E-state index is -0.693. The Labute approximate surface area is 162 Å². The Bertz CT molecular complexity index is 551. The number of β-amino-alcohol motifs (C(OH)–C–C–N with tert-alkyl or cyclic N) is 1. The molecule has 1 spiro atoms. The summed E-state index contributed by atoms with van der Waals surface area (Å²) in [6.07, 6.45) is 5.02. The molecular formula is C20H35N3O4. The van der Waals surface area contributed by atoms with Crippen LogP contribution < -0.4 is 0 Å². The van der Waals surface area contributed by atoms with Crippen molar-refractivity contribution in [3.8, 4) is 0 Å². The summed E-state index contributed by atoms with van der Waals surface area (Å²) in [5, 5.41) is 10.9. The van der Waals surface area contributed by atoms with Gasteiger partial charge in [-0.05, 0) is 38.5 Å². The summed E-state index contributed by atoms with van der Waals surface area (Å²) >= 11 is 0. The molecule has 0 aromatic carbocycles. The Morgan fingerprint density at radius 1 is 1.11 bits per heavy atom. The molecule has 2 amide bonds. The van der Waals surface area contributed by atoms with Gasteiger partial charge >= 0.3 is 0 Å². The Balaban J connectivity index is 1.50. The first-order valence-corrected chi connectivity index (χ1v) is 10.3. The minimum Gasteiger partial charge on any atom is -0.388 e. The highest BCUT2D eigenvalue weighted by Gasteiger charge is 2.43. The summed E-state index contributed by atoms with van der Waals surface area (Å²) in [7, 11) is 1.89. The summed E-state index contributed by atoms with van der Waals surface area (Å²) in [4.78, 5) is 29.2. The van der Waals surface area contributed by atoms with Gasteiger partial charge in [0.1, 0.15) is 0 Å². The lowest BCUT2D eigenvalue weighted by molar-refractivity contribution is -0.150. The van der Waals surface area contributed by atoms with E-state index in [1.54, 1.807) is 13.8 Å². The number of carbonyl (C=O) groups excluding carboxylic acids is 2. The number of hydrogen-bond donors (Lipinski definition) is 1. The summed E-state index contributed by atoms with van der Waals surface area (Å²) in [5.41, 5.74) is -0.814. The molecule has 0 aromatic heterocycles. The van der Waals surface area contributed by atoms with Gasteiger partial charge in [0.2, 0.25) is 11.8 Å². The van der Waals surface area contributed by atoms with Gasteiger partial charge in [-0.2, -0.15) is 0 Å². The van der Waals surface area contributed by atoms with Crippen molar-refractivity contribution < 1.29 is 19.4 Å². The maximum absolute atomic E-state index is 11.7. The van der Waals surface area contributed by atoms with Crippen LogP contribution in [0.25, 0.3) is 0 Å². The van der Waals surface area contributed by atoms with Crippen LogP contribution in [0.2, 0.25) is 0 Å². The average molecular weight is 382 g/mol. The van der Waals surface area contributed by atoms with Gasteiger partial charge in [0, 0.05) is 66.3 Å². The van der Waals surface area contributed by atoms with Crippen LogP contribution in [0, 0.1) is 0 Å². The molecule has 154 valence electrons. The molecule has 27 heavy (non-hydrogen) atoms. The maximum atomic E-state index is 11.7. The first-order chi connectivity index (χ1) is 12.7. The van der Waals surface area contributed by atoms with Gasteiger partial charge < -0.3 is 24.5 Å². The molecule has 0 aliphatic carbocycles. The molecule has 3 fully saturated rings. The smallest absolute Gasteiger partial charge is 0.219 e. The normalized spacial score (nSPS) is 28.1. The van der Waals surface area contributed by atoms with Gasteiger partial charge in [-0.25, -0.2) is 0 Å². The zero-order valence-corrected chi connectivity index (χ0v) is 17.1. The Morgan fingerprint density at radius 3 is 2.30 bits per heavy atom. The average Bonchev–Trinajstić information content (AvgIpc) is 2.63. The molecule has 0 aromatic rings. The lowest BCUT2D eigenvalue weighted by Crippen LogP contribution is -2.57. The zero-order chi connectivity index (χ0) is 19.7. The van der Waals surface area contributed by atoms with Gasteiger partial charge in [0.25, 0.3) is 0 Å². The zero-order valence-electron chi connectivity index (χ0n) is 17.1. The van der Waals surface area contributed by atoms with Gasteiger partial charge in [-0.3, -0.25) is 9.59 Å². The van der Waals surface area contributed by atoms with Crippen LogP contribution in [0.4, 0.5) is 0 Å². The fourth-order valence-corrected chi connectivity index (χ4v) is 4.87. The molecule has 3 heterocycles. The van der Waals surface area contributed by atoms with Crippen LogP contribution in [-0.4, -0.2) is 95.2 Å². The van der Waals surface area contributed by atoms with Crippen molar-refractivity contribution in [1.29, 1.82) is 0 Å². The van der Waals surface area contributed by atoms with Crippen molar-refractivity contribution in [3.63, 3.8) is 0 Å². The minimum absolute atomic E-state index is 0.0940. The van der Waals surface area contributed by atoms with Crippen LogP contribution in [0.5, 0.6) is 0 Å². The third kappa shape index (κ3) is 4.81. The highest BCUT2D eigenvalue weighted by molar-refractivity contribution is 5.73. The van der Waals surface area contributed by atoms with E-state index in [0.717, 1.165) is 38.8 Å². The second-order valence-electron chi connectivity index (χ2n) is 8.81. The van der Waals surface area contributed by atoms with Gasteiger partial charge in [-0.1, -0.05) is 0 Å². The predicted molar refractivity (Wildman–Crippen MR) is 102 cm³/mol. The Morgan fingerprint density at radius 2 is 1.74 bits per heavy atom. The van der Waals surface area contributed by atoms with Crippen molar-refractivity contribution in [2.45, 2.75) is 69.6 Å². The Kier molecular flexibility index (Phi) is 6.13. The fraction of sp³-hybridized carbons (Fsp3) is 0.900. The molecule has 7 heteroatoms. The second-order valence-corrected chi connectivity index (χ2v) is 8.81. The highest BCUT2D eigenvalue weighted by atomic mass is 16.5. The quantitative estimate of drug-likeness (QED) is 0.785. The molecule has 3 aliphatic rings. The molecule has 7 nitrogen and oxygen atoms in total. The third-order valence-electron chi connectivity index (χ3n) is 6.94. The summed E-state index contributed by atoms with van der Waals surface area (Å²) in [6.45, 7) is 7.72. The molecule has 0 saturated carbocycles. The predicted octanol–water partition coefficient (Wildman–Crippen LogP) is 0.852. The molecule has 3 aliphatic heterocycles. The van der Waals surface area contributed by atoms with E-state index in [2.05, 4.69) is 4.90 Å². The number of amides is 2. The number of piperidine rings is 2.